The van der Waals surface area contributed by atoms with Gasteiger partial charge in [-0.25, -0.2) is 0 Å². The molecule has 0 saturated carbocycles. The van der Waals surface area contributed by atoms with Crippen LogP contribution in [0.4, 0.5) is 0 Å². The van der Waals surface area contributed by atoms with Gasteiger partial charge in [0, 0.05) is 0 Å². The Labute approximate surface area is 168 Å². The summed E-state index contributed by atoms with van der Waals surface area (Å²) in [6, 6.07) is 0. The molecule has 0 saturated heterocycles. The van der Waals surface area contributed by atoms with Crippen LogP contribution in [0.5, 0.6) is 0 Å². The highest BCUT2D eigenvalue weighted by Crippen LogP contribution is 2.18. The fourth-order valence-corrected chi connectivity index (χ4v) is 4.92. The first-order valence-electron chi connectivity index (χ1n) is 12.3. The van der Waals surface area contributed by atoms with Gasteiger partial charge in [0.05, 0.1) is 0 Å². The van der Waals surface area contributed by atoms with Gasteiger partial charge in [-0.2, -0.15) is 0 Å². The van der Waals surface area contributed by atoms with Crippen LogP contribution >= 0.6 is 8.58 Å². The van der Waals surface area contributed by atoms with Gasteiger partial charge in [0.25, 0.3) is 0 Å². The zero-order valence-electron chi connectivity index (χ0n) is 18.3. The monoisotopic (exact) mass is 385 g/mol. The predicted molar refractivity (Wildman–Crippen MR) is 125 cm³/mol. The van der Waals surface area contributed by atoms with Gasteiger partial charge >= 0.3 is 0 Å². The summed E-state index contributed by atoms with van der Waals surface area (Å²) in [5, 5.41) is 0. The molecule has 0 amide bonds. The quantitative estimate of drug-likeness (QED) is 0.138. The van der Waals surface area contributed by atoms with Gasteiger partial charge in [-0.15, -0.1) is 8.58 Å². The Morgan fingerprint density at radius 1 is 0.423 bits per heavy atom. The van der Waals surface area contributed by atoms with Gasteiger partial charge in [-0.05, 0) is 38.1 Å². The third-order valence-corrected chi connectivity index (χ3v) is 6.93. The van der Waals surface area contributed by atoms with Crippen molar-refractivity contribution in [1.82, 2.24) is 0 Å². The third-order valence-electron chi connectivity index (χ3n) is 5.51. The second-order valence-electron chi connectivity index (χ2n) is 8.26. The molecule has 0 bridgehead atoms. The minimum absolute atomic E-state index is 0.875. The number of unbranched alkanes of at least 4 members (excludes halogenated alkanes) is 18. The highest BCUT2D eigenvalue weighted by molar-refractivity contribution is 7.37. The van der Waals surface area contributed by atoms with Crippen LogP contribution in [0.3, 0.4) is 0 Å². The summed E-state index contributed by atoms with van der Waals surface area (Å²) in [6.45, 7) is 3.18. The van der Waals surface area contributed by atoms with E-state index in [4.69, 9.17) is 5.73 Å². The van der Waals surface area contributed by atoms with Crippen LogP contribution in [0.2, 0.25) is 0 Å². The average molecular weight is 386 g/mol. The number of hydrogen-bond donors (Lipinski definition) is 1. The molecular formula is C24H52NP. The summed E-state index contributed by atoms with van der Waals surface area (Å²) in [7, 11) is 1.24. The van der Waals surface area contributed by atoms with E-state index in [2.05, 4.69) is 6.92 Å². The smallest absolute Gasteiger partial charge is 0.00773 e. The van der Waals surface area contributed by atoms with Crippen LogP contribution in [-0.2, 0) is 0 Å². The maximum Gasteiger partial charge on any atom is -0.00773 e. The summed E-state index contributed by atoms with van der Waals surface area (Å²) in [5.41, 5.74) is 5.52. The molecule has 0 aromatic heterocycles. The molecule has 0 rings (SSSR count). The molecule has 0 spiro atoms. The van der Waals surface area contributed by atoms with E-state index < -0.39 is 0 Å². The van der Waals surface area contributed by atoms with Gasteiger partial charge in [0.15, 0.2) is 0 Å². The largest absolute Gasteiger partial charge is 0.330 e. The van der Waals surface area contributed by atoms with Crippen LogP contribution in [0.25, 0.3) is 0 Å². The molecule has 1 atom stereocenters. The number of rotatable bonds is 23. The summed E-state index contributed by atoms with van der Waals surface area (Å²) in [6.07, 6.45) is 32.0. The predicted octanol–water partition coefficient (Wildman–Crippen LogP) is 8.45. The highest BCUT2D eigenvalue weighted by Gasteiger charge is 1.95. The number of hydrogen-bond acceptors (Lipinski definition) is 1. The fraction of sp³-hybridized carbons (Fsp3) is 1.00. The first-order valence-corrected chi connectivity index (χ1v) is 13.7. The Bertz CT molecular complexity index is 208. The standard InChI is InChI=1S/C24H52NP/c1-2-3-4-5-6-7-8-9-10-11-14-17-20-23-26-24-21-18-15-12-13-16-19-22-25/h26H,2-25H2,1H3. The van der Waals surface area contributed by atoms with Gasteiger partial charge in [-0.1, -0.05) is 116 Å². The molecule has 2 heteroatoms. The SMILES string of the molecule is CCCCCCCCCCCCCCCPCCCCCCCCCN. The van der Waals surface area contributed by atoms with Crippen LogP contribution in [0.15, 0.2) is 0 Å². The molecule has 0 radical (unpaired) electrons. The first-order chi connectivity index (χ1) is 12.9. The van der Waals surface area contributed by atoms with E-state index >= 15 is 0 Å². The summed E-state index contributed by atoms with van der Waals surface area (Å²) < 4.78 is 0. The Kier molecular flexibility index (Phi) is 25.8. The molecule has 0 aromatic rings. The van der Waals surface area contributed by atoms with Gasteiger partial charge in [0.2, 0.25) is 0 Å². The lowest BCUT2D eigenvalue weighted by Gasteiger charge is -2.04. The summed E-state index contributed by atoms with van der Waals surface area (Å²) in [4.78, 5) is 0. The molecule has 0 heterocycles. The molecule has 26 heavy (non-hydrogen) atoms. The van der Waals surface area contributed by atoms with E-state index in [9.17, 15) is 0 Å². The Morgan fingerprint density at radius 3 is 1.08 bits per heavy atom. The second kappa shape index (κ2) is 25.4. The van der Waals surface area contributed by atoms with E-state index in [1.165, 1.54) is 149 Å². The molecular weight excluding hydrogens is 333 g/mol. The fourth-order valence-electron chi connectivity index (χ4n) is 3.67. The molecule has 0 aromatic carbocycles. The summed E-state index contributed by atoms with van der Waals surface area (Å²) in [5.74, 6) is 0. The Hall–Kier alpha value is 0.390. The first kappa shape index (κ1) is 26.4. The van der Waals surface area contributed by atoms with Crippen molar-refractivity contribution in [3.63, 3.8) is 0 Å². The molecule has 0 aliphatic heterocycles. The van der Waals surface area contributed by atoms with Crippen molar-refractivity contribution in [1.29, 1.82) is 0 Å². The molecule has 1 nitrogen and oxygen atoms in total. The Morgan fingerprint density at radius 2 is 0.731 bits per heavy atom. The lowest BCUT2D eigenvalue weighted by atomic mass is 10.1. The van der Waals surface area contributed by atoms with Crippen molar-refractivity contribution in [3.05, 3.63) is 0 Å². The van der Waals surface area contributed by atoms with E-state index in [0.29, 0.717) is 0 Å². The molecule has 158 valence electrons. The van der Waals surface area contributed by atoms with E-state index in [-0.39, 0.29) is 0 Å². The van der Waals surface area contributed by atoms with Crippen LogP contribution in [-0.4, -0.2) is 18.9 Å². The maximum atomic E-state index is 5.52. The number of nitrogens with two attached hydrogens (primary N) is 1. The van der Waals surface area contributed by atoms with E-state index in [0.717, 1.165) is 6.54 Å². The van der Waals surface area contributed by atoms with Gasteiger partial charge in [-0.3, -0.25) is 0 Å². The Balaban J connectivity index is 2.95. The van der Waals surface area contributed by atoms with Crippen molar-refractivity contribution >= 4 is 8.58 Å². The minimum atomic E-state index is 0.875. The van der Waals surface area contributed by atoms with Gasteiger partial charge in [0.1, 0.15) is 0 Å². The van der Waals surface area contributed by atoms with Gasteiger partial charge < -0.3 is 5.73 Å². The molecule has 0 aliphatic rings. The highest BCUT2D eigenvalue weighted by atomic mass is 31.1. The minimum Gasteiger partial charge on any atom is -0.330 e. The lowest BCUT2D eigenvalue weighted by molar-refractivity contribution is 0.543. The summed E-state index contributed by atoms with van der Waals surface area (Å²) >= 11 is 0. The third kappa shape index (κ3) is 24.4. The second-order valence-corrected chi connectivity index (χ2v) is 9.76. The zero-order valence-corrected chi connectivity index (χ0v) is 19.3. The van der Waals surface area contributed by atoms with Crippen molar-refractivity contribution in [2.24, 2.45) is 5.73 Å². The maximum absolute atomic E-state index is 5.52. The lowest BCUT2D eigenvalue weighted by Crippen LogP contribution is -1.97. The zero-order chi connectivity index (χ0) is 19.0. The topological polar surface area (TPSA) is 26.0 Å². The van der Waals surface area contributed by atoms with Crippen LogP contribution in [0.1, 0.15) is 135 Å². The average Bonchev–Trinajstić information content (AvgIpc) is 2.66. The van der Waals surface area contributed by atoms with Crippen molar-refractivity contribution in [2.45, 2.75) is 135 Å². The van der Waals surface area contributed by atoms with Crippen molar-refractivity contribution in [3.8, 4) is 0 Å². The van der Waals surface area contributed by atoms with Crippen LogP contribution in [0, 0.1) is 0 Å². The van der Waals surface area contributed by atoms with Crippen molar-refractivity contribution in [2.75, 3.05) is 18.9 Å². The molecule has 1 unspecified atom stereocenters. The van der Waals surface area contributed by atoms with Crippen LogP contribution < -0.4 is 5.73 Å². The van der Waals surface area contributed by atoms with E-state index in [1.54, 1.807) is 0 Å². The molecule has 0 aliphatic carbocycles. The normalized spacial score (nSPS) is 11.8. The molecule has 2 N–H and O–H groups in total. The van der Waals surface area contributed by atoms with Crippen molar-refractivity contribution < 1.29 is 0 Å². The molecule has 0 fully saturated rings. The van der Waals surface area contributed by atoms with E-state index in [1.807, 2.05) is 0 Å².